The smallest absolute Gasteiger partial charge is 0.323 e. The predicted molar refractivity (Wildman–Crippen MR) is 76.2 cm³/mol. The maximum absolute atomic E-state index is 12.0. The first-order valence-electron chi connectivity index (χ1n) is 6.55. The fraction of sp³-hybridized carbons (Fsp3) is 0.500. The Kier molecular flexibility index (Phi) is 5.49. The van der Waals surface area contributed by atoms with Gasteiger partial charge in [-0.25, -0.2) is 0 Å². The molecule has 0 saturated carbocycles. The van der Waals surface area contributed by atoms with E-state index in [1.54, 1.807) is 10.8 Å². The molecular weight excluding hydrogens is 258 g/mol. The first-order valence-corrected chi connectivity index (χ1v) is 6.55. The average molecular weight is 279 g/mol. The molecule has 0 fully saturated rings. The standard InChI is InChI=1S/C14H21N3O3/c1-5-8-17(9-14(19)20)13(18)7-6-12-10(2)15-16(4)11(12)3/h6-7H,5,8-9H2,1-4H3,(H,19,20)/b7-6+. The van der Waals surface area contributed by atoms with Gasteiger partial charge in [-0.3, -0.25) is 14.3 Å². The van der Waals surface area contributed by atoms with E-state index >= 15 is 0 Å². The van der Waals surface area contributed by atoms with Crippen LogP contribution in [0.25, 0.3) is 6.08 Å². The number of hydrogen-bond acceptors (Lipinski definition) is 3. The van der Waals surface area contributed by atoms with Crippen molar-refractivity contribution >= 4 is 18.0 Å². The lowest BCUT2D eigenvalue weighted by molar-refractivity contribution is -0.142. The zero-order valence-corrected chi connectivity index (χ0v) is 12.4. The van der Waals surface area contributed by atoms with Crippen LogP contribution in [0.3, 0.4) is 0 Å². The molecule has 110 valence electrons. The molecule has 0 spiro atoms. The molecule has 0 bridgehead atoms. The van der Waals surface area contributed by atoms with Crippen LogP contribution in [0.15, 0.2) is 6.08 Å². The lowest BCUT2D eigenvalue weighted by atomic mass is 10.2. The van der Waals surface area contributed by atoms with Gasteiger partial charge in [0.05, 0.1) is 5.69 Å². The Morgan fingerprint density at radius 3 is 2.50 bits per heavy atom. The number of carboxylic acid groups (broad SMARTS) is 1. The summed E-state index contributed by atoms with van der Waals surface area (Å²) in [6, 6.07) is 0. The summed E-state index contributed by atoms with van der Waals surface area (Å²) in [6.45, 7) is 5.85. The van der Waals surface area contributed by atoms with Gasteiger partial charge < -0.3 is 10.0 Å². The molecule has 0 unspecified atom stereocenters. The molecule has 0 aromatic carbocycles. The number of aromatic nitrogens is 2. The second kappa shape index (κ2) is 6.88. The van der Waals surface area contributed by atoms with E-state index in [2.05, 4.69) is 5.10 Å². The first-order chi connectivity index (χ1) is 9.36. The zero-order valence-electron chi connectivity index (χ0n) is 12.4. The maximum Gasteiger partial charge on any atom is 0.323 e. The van der Waals surface area contributed by atoms with Crippen molar-refractivity contribution in [1.29, 1.82) is 0 Å². The molecular formula is C14H21N3O3. The van der Waals surface area contributed by atoms with E-state index in [1.165, 1.54) is 11.0 Å². The monoisotopic (exact) mass is 279 g/mol. The lowest BCUT2D eigenvalue weighted by Gasteiger charge is -2.17. The normalized spacial score (nSPS) is 11.0. The van der Waals surface area contributed by atoms with Crippen molar-refractivity contribution in [2.75, 3.05) is 13.1 Å². The van der Waals surface area contributed by atoms with Crippen LogP contribution in [-0.4, -0.2) is 44.8 Å². The molecule has 1 heterocycles. The van der Waals surface area contributed by atoms with Crippen molar-refractivity contribution in [2.24, 2.45) is 7.05 Å². The summed E-state index contributed by atoms with van der Waals surface area (Å²) in [5.41, 5.74) is 2.70. The number of nitrogens with zero attached hydrogens (tertiary/aromatic N) is 3. The van der Waals surface area contributed by atoms with Gasteiger partial charge in [-0.15, -0.1) is 0 Å². The van der Waals surface area contributed by atoms with Crippen LogP contribution >= 0.6 is 0 Å². The molecule has 0 saturated heterocycles. The van der Waals surface area contributed by atoms with Crippen LogP contribution in [0, 0.1) is 13.8 Å². The fourth-order valence-electron chi connectivity index (χ4n) is 1.99. The minimum absolute atomic E-state index is 0.276. The first kappa shape index (κ1) is 15.9. The van der Waals surface area contributed by atoms with Gasteiger partial charge in [0, 0.05) is 30.9 Å². The van der Waals surface area contributed by atoms with Gasteiger partial charge in [-0.05, 0) is 26.3 Å². The second-order valence-corrected chi connectivity index (χ2v) is 4.69. The summed E-state index contributed by atoms with van der Waals surface area (Å²) >= 11 is 0. The number of hydrogen-bond donors (Lipinski definition) is 1. The van der Waals surface area contributed by atoms with Crippen molar-refractivity contribution in [1.82, 2.24) is 14.7 Å². The minimum atomic E-state index is -1.01. The highest BCUT2D eigenvalue weighted by atomic mass is 16.4. The van der Waals surface area contributed by atoms with E-state index in [1.807, 2.05) is 27.8 Å². The van der Waals surface area contributed by atoms with Gasteiger partial charge in [0.15, 0.2) is 0 Å². The number of carbonyl (C=O) groups is 2. The van der Waals surface area contributed by atoms with E-state index < -0.39 is 5.97 Å². The molecule has 1 aromatic rings. The summed E-state index contributed by atoms with van der Waals surface area (Å²) < 4.78 is 1.75. The topological polar surface area (TPSA) is 75.4 Å². The van der Waals surface area contributed by atoms with Gasteiger partial charge in [0.2, 0.25) is 5.91 Å². The molecule has 0 aliphatic carbocycles. The van der Waals surface area contributed by atoms with Crippen molar-refractivity contribution in [3.05, 3.63) is 23.0 Å². The van der Waals surface area contributed by atoms with Crippen molar-refractivity contribution in [3.63, 3.8) is 0 Å². The molecule has 6 heteroatoms. The molecule has 6 nitrogen and oxygen atoms in total. The third-order valence-corrected chi connectivity index (χ3v) is 3.09. The van der Waals surface area contributed by atoms with E-state index in [4.69, 9.17) is 5.11 Å². The van der Waals surface area contributed by atoms with Gasteiger partial charge in [0.25, 0.3) is 0 Å². The van der Waals surface area contributed by atoms with Gasteiger partial charge in [-0.1, -0.05) is 6.92 Å². The van der Waals surface area contributed by atoms with E-state index in [0.29, 0.717) is 6.54 Å². The molecule has 1 amide bonds. The molecule has 20 heavy (non-hydrogen) atoms. The molecule has 1 aromatic heterocycles. The SMILES string of the molecule is CCCN(CC(=O)O)C(=O)/C=C/c1c(C)nn(C)c1C. The third kappa shape index (κ3) is 3.94. The summed E-state index contributed by atoms with van der Waals surface area (Å²) in [7, 11) is 1.84. The predicted octanol–water partition coefficient (Wildman–Crippen LogP) is 1.37. The number of amides is 1. The second-order valence-electron chi connectivity index (χ2n) is 4.69. The third-order valence-electron chi connectivity index (χ3n) is 3.09. The average Bonchev–Trinajstić information content (AvgIpc) is 2.60. The number of carboxylic acids is 1. The highest BCUT2D eigenvalue weighted by Gasteiger charge is 2.14. The molecule has 1 N–H and O–H groups in total. The summed E-state index contributed by atoms with van der Waals surface area (Å²) in [6.07, 6.45) is 3.83. The van der Waals surface area contributed by atoms with Gasteiger partial charge in [0.1, 0.15) is 6.54 Å². The summed E-state index contributed by atoms with van der Waals surface area (Å²) in [4.78, 5) is 24.1. The Hall–Kier alpha value is -2.11. The Morgan fingerprint density at radius 2 is 2.05 bits per heavy atom. The largest absolute Gasteiger partial charge is 0.480 e. The number of aryl methyl sites for hydroxylation is 2. The molecule has 0 aliphatic rings. The molecule has 0 aliphatic heterocycles. The summed E-state index contributed by atoms with van der Waals surface area (Å²) in [5, 5.41) is 13.1. The van der Waals surface area contributed by atoms with Crippen LogP contribution in [0.4, 0.5) is 0 Å². The highest BCUT2D eigenvalue weighted by Crippen LogP contribution is 2.13. The van der Waals surface area contributed by atoms with Crippen LogP contribution in [0.1, 0.15) is 30.3 Å². The van der Waals surface area contributed by atoms with Gasteiger partial charge in [-0.2, -0.15) is 5.10 Å². The van der Waals surface area contributed by atoms with E-state index in [0.717, 1.165) is 23.4 Å². The van der Waals surface area contributed by atoms with E-state index in [9.17, 15) is 9.59 Å². The Bertz CT molecular complexity index is 532. The minimum Gasteiger partial charge on any atom is -0.480 e. The number of rotatable bonds is 6. The van der Waals surface area contributed by atoms with Crippen molar-refractivity contribution < 1.29 is 14.7 Å². The zero-order chi connectivity index (χ0) is 15.3. The van der Waals surface area contributed by atoms with Crippen LogP contribution in [0.2, 0.25) is 0 Å². The highest BCUT2D eigenvalue weighted by molar-refractivity contribution is 5.93. The quantitative estimate of drug-likeness (QED) is 0.798. The lowest BCUT2D eigenvalue weighted by Crippen LogP contribution is -2.35. The van der Waals surface area contributed by atoms with Crippen molar-refractivity contribution in [3.8, 4) is 0 Å². The van der Waals surface area contributed by atoms with Crippen molar-refractivity contribution in [2.45, 2.75) is 27.2 Å². The number of aliphatic carboxylic acids is 1. The van der Waals surface area contributed by atoms with Crippen LogP contribution in [0.5, 0.6) is 0 Å². The van der Waals surface area contributed by atoms with Crippen LogP contribution in [-0.2, 0) is 16.6 Å². The number of carbonyl (C=O) groups excluding carboxylic acids is 1. The fourth-order valence-corrected chi connectivity index (χ4v) is 1.99. The molecule has 0 atom stereocenters. The van der Waals surface area contributed by atoms with Crippen LogP contribution < -0.4 is 0 Å². The molecule has 0 radical (unpaired) electrons. The Labute approximate surface area is 118 Å². The maximum atomic E-state index is 12.0. The molecule has 1 rings (SSSR count). The Balaban J connectivity index is 2.86. The Morgan fingerprint density at radius 1 is 1.40 bits per heavy atom. The summed E-state index contributed by atoms with van der Waals surface area (Å²) in [5.74, 6) is -1.30. The van der Waals surface area contributed by atoms with Gasteiger partial charge >= 0.3 is 5.97 Å². The van der Waals surface area contributed by atoms with E-state index in [-0.39, 0.29) is 12.5 Å².